The van der Waals surface area contributed by atoms with Gasteiger partial charge in [0, 0.05) is 12.8 Å². The fourth-order valence-corrected chi connectivity index (χ4v) is 1.50. The van der Waals surface area contributed by atoms with Crippen molar-refractivity contribution in [2.75, 3.05) is 25.6 Å². The first-order valence-corrected chi connectivity index (χ1v) is 5.15. The van der Waals surface area contributed by atoms with Crippen LogP contribution in [0, 0.1) is 11.3 Å². The van der Waals surface area contributed by atoms with Crippen LogP contribution in [0.2, 0.25) is 5.02 Å². The van der Waals surface area contributed by atoms with Gasteiger partial charge in [-0.15, -0.1) is 0 Å². The van der Waals surface area contributed by atoms with Crippen LogP contribution in [0.5, 0.6) is 0 Å². The second-order valence-electron chi connectivity index (χ2n) is 3.29. The zero-order valence-electron chi connectivity index (χ0n) is 8.90. The molecular formula is C11H13ClN2O2. The molecule has 0 heterocycles. The van der Waals surface area contributed by atoms with Crippen LogP contribution in [0.3, 0.4) is 0 Å². The zero-order chi connectivity index (χ0) is 12.0. The van der Waals surface area contributed by atoms with Gasteiger partial charge in [-0.3, -0.25) is 0 Å². The molecule has 0 aliphatic heterocycles. The number of nitrogens with one attached hydrogen (secondary N) is 1. The van der Waals surface area contributed by atoms with E-state index >= 15 is 0 Å². The molecule has 4 nitrogen and oxygen atoms in total. The summed E-state index contributed by atoms with van der Waals surface area (Å²) in [5.41, 5.74) is 1.18. The van der Waals surface area contributed by atoms with Crippen LogP contribution in [0.25, 0.3) is 0 Å². The Morgan fingerprint density at radius 2 is 2.38 bits per heavy atom. The number of nitriles is 1. The number of nitrogens with zero attached hydrogens (tertiary/aromatic N) is 1. The van der Waals surface area contributed by atoms with E-state index in [-0.39, 0.29) is 12.6 Å². The van der Waals surface area contributed by atoms with Crippen molar-refractivity contribution in [3.8, 4) is 6.07 Å². The molecule has 1 aromatic carbocycles. The van der Waals surface area contributed by atoms with Gasteiger partial charge in [0.15, 0.2) is 0 Å². The lowest BCUT2D eigenvalue weighted by atomic mass is 10.2. The van der Waals surface area contributed by atoms with Crippen molar-refractivity contribution in [3.05, 3.63) is 28.8 Å². The number of rotatable bonds is 5. The van der Waals surface area contributed by atoms with Gasteiger partial charge in [-0.25, -0.2) is 0 Å². The van der Waals surface area contributed by atoms with Gasteiger partial charge >= 0.3 is 0 Å². The molecule has 2 N–H and O–H groups in total. The van der Waals surface area contributed by atoms with Gasteiger partial charge < -0.3 is 15.2 Å². The molecule has 1 atom stereocenters. The topological polar surface area (TPSA) is 65.3 Å². The van der Waals surface area contributed by atoms with E-state index in [1.807, 2.05) is 6.07 Å². The monoisotopic (exact) mass is 240 g/mol. The number of ether oxygens (including phenoxy) is 1. The van der Waals surface area contributed by atoms with E-state index in [1.54, 1.807) is 25.3 Å². The number of aliphatic hydroxyl groups is 1. The summed E-state index contributed by atoms with van der Waals surface area (Å²) in [6.45, 7) is 0.361. The molecule has 5 heteroatoms. The molecule has 0 fully saturated rings. The number of methoxy groups -OCH3 is 1. The molecule has 1 rings (SSSR count). The third-order valence-electron chi connectivity index (χ3n) is 2.05. The Balaban J connectivity index is 2.74. The summed E-state index contributed by atoms with van der Waals surface area (Å²) in [4.78, 5) is 0. The summed E-state index contributed by atoms with van der Waals surface area (Å²) >= 11 is 5.88. The minimum absolute atomic E-state index is 0.0362. The van der Waals surface area contributed by atoms with Crippen molar-refractivity contribution in [2.45, 2.75) is 6.04 Å². The lowest BCUT2D eigenvalue weighted by molar-refractivity contribution is 0.153. The lowest BCUT2D eigenvalue weighted by Crippen LogP contribution is -2.28. The highest BCUT2D eigenvalue weighted by atomic mass is 35.5. The summed E-state index contributed by atoms with van der Waals surface area (Å²) in [5, 5.41) is 21.2. The van der Waals surface area contributed by atoms with E-state index in [9.17, 15) is 0 Å². The Morgan fingerprint density at radius 3 is 2.88 bits per heavy atom. The molecule has 0 radical (unpaired) electrons. The van der Waals surface area contributed by atoms with E-state index < -0.39 is 0 Å². The van der Waals surface area contributed by atoms with Crippen molar-refractivity contribution < 1.29 is 9.84 Å². The summed E-state index contributed by atoms with van der Waals surface area (Å²) in [5.74, 6) is 0. The molecular weight excluding hydrogens is 228 g/mol. The summed E-state index contributed by atoms with van der Waals surface area (Å²) in [6.07, 6.45) is 0. The van der Waals surface area contributed by atoms with Gasteiger partial charge in [-0.1, -0.05) is 11.6 Å². The standard InChI is InChI=1S/C11H13ClN2O2/c1-16-7-10(6-15)14-9-3-2-8(5-13)11(12)4-9/h2-4,10,14-15H,6-7H2,1H3. The minimum atomic E-state index is -0.186. The van der Waals surface area contributed by atoms with Crippen LogP contribution in [0.15, 0.2) is 18.2 Å². The number of hydrogen-bond acceptors (Lipinski definition) is 4. The van der Waals surface area contributed by atoms with Crippen LogP contribution < -0.4 is 5.32 Å². The van der Waals surface area contributed by atoms with Gasteiger partial charge in [0.1, 0.15) is 6.07 Å². The average Bonchev–Trinajstić information content (AvgIpc) is 2.28. The maximum Gasteiger partial charge on any atom is 0.101 e. The number of hydrogen-bond donors (Lipinski definition) is 2. The summed E-state index contributed by atoms with van der Waals surface area (Å²) in [6, 6.07) is 6.82. The van der Waals surface area contributed by atoms with Gasteiger partial charge in [0.05, 0.1) is 29.8 Å². The fourth-order valence-electron chi connectivity index (χ4n) is 1.27. The second kappa shape index (κ2) is 6.33. The van der Waals surface area contributed by atoms with Gasteiger partial charge in [-0.2, -0.15) is 5.26 Å². The van der Waals surface area contributed by atoms with E-state index in [0.717, 1.165) is 5.69 Å². The third-order valence-corrected chi connectivity index (χ3v) is 2.36. The molecule has 86 valence electrons. The van der Waals surface area contributed by atoms with Gasteiger partial charge in [0.2, 0.25) is 0 Å². The molecule has 1 aromatic rings. The molecule has 0 amide bonds. The van der Waals surface area contributed by atoms with Crippen LogP contribution in [-0.4, -0.2) is 31.5 Å². The predicted molar refractivity (Wildman–Crippen MR) is 62.5 cm³/mol. The maximum atomic E-state index is 9.06. The second-order valence-corrected chi connectivity index (χ2v) is 3.69. The van der Waals surface area contributed by atoms with Crippen molar-refractivity contribution in [3.63, 3.8) is 0 Å². The Labute approximate surface area is 99.4 Å². The van der Waals surface area contributed by atoms with Crippen LogP contribution in [0.4, 0.5) is 5.69 Å². The Morgan fingerprint density at radius 1 is 1.62 bits per heavy atom. The largest absolute Gasteiger partial charge is 0.394 e. The molecule has 0 aliphatic rings. The zero-order valence-corrected chi connectivity index (χ0v) is 9.66. The number of aliphatic hydroxyl groups excluding tert-OH is 1. The molecule has 0 spiro atoms. The Hall–Kier alpha value is -1.28. The summed E-state index contributed by atoms with van der Waals surface area (Å²) < 4.78 is 4.93. The SMILES string of the molecule is COCC(CO)Nc1ccc(C#N)c(Cl)c1. The van der Waals surface area contributed by atoms with Crippen molar-refractivity contribution >= 4 is 17.3 Å². The molecule has 1 unspecified atom stereocenters. The fraction of sp³-hybridized carbons (Fsp3) is 0.364. The lowest BCUT2D eigenvalue weighted by Gasteiger charge is -2.16. The number of benzene rings is 1. The van der Waals surface area contributed by atoms with E-state index in [2.05, 4.69) is 5.32 Å². The molecule has 0 bridgehead atoms. The third kappa shape index (κ3) is 3.38. The molecule has 0 aliphatic carbocycles. The van der Waals surface area contributed by atoms with E-state index in [1.165, 1.54) is 0 Å². The smallest absolute Gasteiger partial charge is 0.101 e. The average molecular weight is 241 g/mol. The molecule has 0 saturated carbocycles. The van der Waals surface area contributed by atoms with Crippen LogP contribution >= 0.6 is 11.6 Å². The molecule has 0 saturated heterocycles. The quantitative estimate of drug-likeness (QED) is 0.821. The van der Waals surface area contributed by atoms with Crippen molar-refractivity contribution in [1.29, 1.82) is 5.26 Å². The first-order chi connectivity index (χ1) is 7.71. The van der Waals surface area contributed by atoms with Gasteiger partial charge in [-0.05, 0) is 18.2 Å². The van der Waals surface area contributed by atoms with Crippen molar-refractivity contribution in [1.82, 2.24) is 0 Å². The normalized spacial score (nSPS) is 11.9. The highest BCUT2D eigenvalue weighted by Crippen LogP contribution is 2.20. The van der Waals surface area contributed by atoms with Crippen molar-refractivity contribution in [2.24, 2.45) is 0 Å². The maximum absolute atomic E-state index is 9.06. The Kier molecular flexibility index (Phi) is 5.06. The molecule has 16 heavy (non-hydrogen) atoms. The van der Waals surface area contributed by atoms with Crippen LogP contribution in [-0.2, 0) is 4.74 Å². The van der Waals surface area contributed by atoms with Gasteiger partial charge in [0.25, 0.3) is 0 Å². The van der Waals surface area contributed by atoms with E-state index in [4.69, 9.17) is 26.7 Å². The predicted octanol–water partition coefficient (Wildman–Crippen LogP) is 1.63. The minimum Gasteiger partial charge on any atom is -0.394 e. The first kappa shape index (κ1) is 12.8. The number of anilines is 1. The van der Waals surface area contributed by atoms with Crippen LogP contribution in [0.1, 0.15) is 5.56 Å². The summed E-state index contributed by atoms with van der Waals surface area (Å²) in [7, 11) is 1.57. The highest BCUT2D eigenvalue weighted by molar-refractivity contribution is 6.32. The molecule has 0 aromatic heterocycles. The van der Waals surface area contributed by atoms with E-state index in [0.29, 0.717) is 17.2 Å². The highest BCUT2D eigenvalue weighted by Gasteiger charge is 2.07. The Bertz CT molecular complexity index is 390. The number of halogens is 1. The first-order valence-electron chi connectivity index (χ1n) is 4.77.